The summed E-state index contributed by atoms with van der Waals surface area (Å²) in [5, 5.41) is -0.0608. The van der Waals surface area contributed by atoms with Gasteiger partial charge in [-0.05, 0) is 30.3 Å². The molecule has 1 aliphatic carbocycles. The van der Waals surface area contributed by atoms with Crippen molar-refractivity contribution in [2.45, 2.75) is 58.7 Å². The summed E-state index contributed by atoms with van der Waals surface area (Å²) in [7, 11) is -0.723. The van der Waals surface area contributed by atoms with Crippen molar-refractivity contribution in [3.8, 4) is 11.5 Å². The molecule has 1 aromatic carbocycles. The van der Waals surface area contributed by atoms with Crippen LogP contribution in [-0.2, 0) is 19.1 Å². The minimum absolute atomic E-state index is 0.0608. The Bertz CT molecular complexity index is 861. The van der Waals surface area contributed by atoms with Gasteiger partial charge in [-0.3, -0.25) is 14.4 Å². The Hall–Kier alpha value is -2.41. The lowest BCUT2D eigenvalue weighted by Crippen LogP contribution is -2.44. The summed E-state index contributed by atoms with van der Waals surface area (Å²) < 4.78 is 17.1. The molecule has 0 aliphatic heterocycles. The second-order valence-corrected chi connectivity index (χ2v) is 13.4. The van der Waals surface area contributed by atoms with Crippen LogP contribution >= 0.6 is 0 Å². The Morgan fingerprint density at radius 1 is 1.07 bits per heavy atom. The lowest BCUT2D eigenvalue weighted by Gasteiger charge is -2.37. The lowest BCUT2D eigenvalue weighted by molar-refractivity contribution is -0.140. The molecule has 0 N–H and O–H groups in total. The van der Waals surface area contributed by atoms with Crippen molar-refractivity contribution in [2.24, 2.45) is 0 Å². The number of hydrogen-bond acceptors (Lipinski definition) is 6. The minimum atomic E-state index is -2.23. The molecule has 0 atom stereocenters. The molecule has 7 heteroatoms. The number of esters is 1. The number of allylic oxidation sites excluding steroid dienone is 1. The minimum Gasteiger partial charge on any atom is -0.543 e. The molecule has 0 radical (unpaired) electrons. The molecule has 0 amide bonds. The summed E-state index contributed by atoms with van der Waals surface area (Å²) in [4.78, 5) is 36.9. The van der Waals surface area contributed by atoms with E-state index in [0.29, 0.717) is 17.1 Å². The van der Waals surface area contributed by atoms with Gasteiger partial charge in [0.05, 0.1) is 12.7 Å². The number of carbonyl (C=O) groups excluding carboxylic acids is 3. The number of hydrogen-bond donors (Lipinski definition) is 0. The van der Waals surface area contributed by atoms with Crippen LogP contribution in [0.2, 0.25) is 18.1 Å². The first-order valence-electron chi connectivity index (χ1n) is 9.68. The van der Waals surface area contributed by atoms with E-state index < -0.39 is 14.3 Å². The highest BCUT2D eigenvalue weighted by Gasteiger charge is 2.40. The van der Waals surface area contributed by atoms with Gasteiger partial charge in [-0.15, -0.1) is 0 Å². The largest absolute Gasteiger partial charge is 0.543 e. The van der Waals surface area contributed by atoms with Crippen LogP contribution in [0.5, 0.6) is 11.5 Å². The van der Waals surface area contributed by atoms with E-state index in [1.165, 1.54) is 14.0 Å². The van der Waals surface area contributed by atoms with Crippen molar-refractivity contribution in [3.05, 3.63) is 29.3 Å². The van der Waals surface area contributed by atoms with Crippen LogP contribution in [0.1, 0.15) is 46.1 Å². The Labute approximate surface area is 173 Å². The molecule has 0 saturated carbocycles. The van der Waals surface area contributed by atoms with Crippen LogP contribution in [0.3, 0.4) is 0 Å². The fourth-order valence-corrected chi connectivity index (χ4v) is 3.89. The van der Waals surface area contributed by atoms with E-state index in [9.17, 15) is 14.4 Å². The average molecular weight is 419 g/mol. The molecule has 0 fully saturated rings. The molecule has 6 nitrogen and oxygen atoms in total. The van der Waals surface area contributed by atoms with Gasteiger partial charge in [0.2, 0.25) is 0 Å². The molecular weight excluding hydrogens is 388 g/mol. The van der Waals surface area contributed by atoms with Crippen molar-refractivity contribution in [2.75, 3.05) is 13.7 Å². The van der Waals surface area contributed by atoms with Gasteiger partial charge < -0.3 is 13.9 Å². The van der Waals surface area contributed by atoms with E-state index in [1.807, 2.05) is 0 Å². The summed E-state index contributed by atoms with van der Waals surface area (Å²) in [5.74, 6) is 0.0516. The highest BCUT2D eigenvalue weighted by Crippen LogP contribution is 2.44. The molecule has 2 rings (SSSR count). The number of ether oxygens (including phenoxy) is 2. The van der Waals surface area contributed by atoms with Gasteiger partial charge in [-0.1, -0.05) is 26.8 Å². The van der Waals surface area contributed by atoms with Gasteiger partial charge >= 0.3 is 5.97 Å². The van der Waals surface area contributed by atoms with Crippen LogP contribution < -0.4 is 9.16 Å². The van der Waals surface area contributed by atoms with E-state index in [2.05, 4.69) is 33.9 Å². The first-order chi connectivity index (χ1) is 13.4. The molecule has 29 heavy (non-hydrogen) atoms. The zero-order valence-corrected chi connectivity index (χ0v) is 19.3. The fourth-order valence-electron chi connectivity index (χ4n) is 2.87. The van der Waals surface area contributed by atoms with Crippen LogP contribution in [0, 0.1) is 0 Å². The van der Waals surface area contributed by atoms with Crippen LogP contribution in [0.25, 0.3) is 5.57 Å². The molecule has 0 heterocycles. The molecule has 0 spiro atoms. The van der Waals surface area contributed by atoms with Gasteiger partial charge in [0, 0.05) is 30.9 Å². The van der Waals surface area contributed by atoms with Crippen LogP contribution in [0.4, 0.5) is 0 Å². The molecule has 1 aliphatic rings. The molecule has 0 saturated heterocycles. The summed E-state index contributed by atoms with van der Waals surface area (Å²) in [6, 6.07) is 5.32. The maximum atomic E-state index is 12.9. The van der Waals surface area contributed by atoms with Gasteiger partial charge in [-0.25, -0.2) is 0 Å². The predicted molar refractivity (Wildman–Crippen MR) is 114 cm³/mol. The predicted octanol–water partition coefficient (Wildman–Crippen LogP) is 4.33. The van der Waals surface area contributed by atoms with Crippen molar-refractivity contribution in [1.29, 1.82) is 0 Å². The molecule has 0 aromatic heterocycles. The number of carbonyl (C=O) groups is 3. The SMILES string of the molecule is COc1cccc(O[Si](C)(C)C(C)(C)C)c1C1=C(COC(C)=O)C(=O)CCC1=O. The van der Waals surface area contributed by atoms with E-state index in [0.717, 1.165) is 0 Å². The average Bonchev–Trinajstić information content (AvgIpc) is 2.61. The smallest absolute Gasteiger partial charge is 0.302 e. The van der Waals surface area contributed by atoms with Crippen molar-refractivity contribution < 1.29 is 28.3 Å². The number of methoxy groups -OCH3 is 1. The van der Waals surface area contributed by atoms with E-state index in [-0.39, 0.29) is 47.2 Å². The zero-order chi connectivity index (χ0) is 22.0. The third kappa shape index (κ3) is 4.96. The van der Waals surface area contributed by atoms with Gasteiger partial charge in [-0.2, -0.15) is 0 Å². The molecule has 158 valence electrons. The highest BCUT2D eigenvalue weighted by molar-refractivity contribution is 6.74. The Balaban J connectivity index is 2.72. The molecule has 0 bridgehead atoms. The van der Waals surface area contributed by atoms with E-state index in [4.69, 9.17) is 13.9 Å². The lowest BCUT2D eigenvalue weighted by atomic mass is 9.85. The maximum absolute atomic E-state index is 12.9. The zero-order valence-electron chi connectivity index (χ0n) is 18.3. The molecular formula is C22H30O6Si. The van der Waals surface area contributed by atoms with Gasteiger partial charge in [0.15, 0.2) is 11.6 Å². The number of benzene rings is 1. The topological polar surface area (TPSA) is 78.9 Å². The summed E-state index contributed by atoms with van der Waals surface area (Å²) >= 11 is 0. The van der Waals surface area contributed by atoms with Crippen molar-refractivity contribution in [3.63, 3.8) is 0 Å². The highest BCUT2D eigenvalue weighted by atomic mass is 28.4. The first kappa shape index (κ1) is 22.9. The molecule has 0 unspecified atom stereocenters. The van der Waals surface area contributed by atoms with E-state index in [1.54, 1.807) is 18.2 Å². The first-order valence-corrected chi connectivity index (χ1v) is 12.6. The summed E-state index contributed by atoms with van der Waals surface area (Å²) in [6.07, 6.45) is 0.210. The number of rotatable bonds is 6. The van der Waals surface area contributed by atoms with Crippen LogP contribution in [-0.4, -0.2) is 39.6 Å². The Kier molecular flexibility index (Phi) is 6.73. The van der Waals surface area contributed by atoms with Gasteiger partial charge in [0.1, 0.15) is 18.1 Å². The van der Waals surface area contributed by atoms with E-state index >= 15 is 0 Å². The Morgan fingerprint density at radius 2 is 1.66 bits per heavy atom. The summed E-state index contributed by atoms with van der Waals surface area (Å²) in [6.45, 7) is 11.6. The second kappa shape index (κ2) is 8.53. The standard InChI is InChI=1S/C22H30O6Si/c1-14(23)27-13-15-16(24)11-12-17(25)20(15)21-18(26-5)9-8-10-19(21)28-29(6,7)22(2,3)4/h8-10H,11-13H2,1-7H3. The third-order valence-electron chi connectivity index (χ3n) is 5.55. The monoisotopic (exact) mass is 418 g/mol. The van der Waals surface area contributed by atoms with Crippen molar-refractivity contribution in [1.82, 2.24) is 0 Å². The maximum Gasteiger partial charge on any atom is 0.302 e. The van der Waals surface area contributed by atoms with Crippen molar-refractivity contribution >= 4 is 31.4 Å². The number of Topliss-reactive ketones (excluding diaryl/α,β-unsaturated/α-hetero) is 2. The van der Waals surface area contributed by atoms with Crippen LogP contribution in [0.15, 0.2) is 23.8 Å². The Morgan fingerprint density at radius 3 is 2.21 bits per heavy atom. The quantitative estimate of drug-likeness (QED) is 0.505. The second-order valence-electron chi connectivity index (χ2n) is 8.68. The molecule has 1 aromatic rings. The summed E-state index contributed by atoms with van der Waals surface area (Å²) in [5.41, 5.74) is 0.884. The number of ketones is 2. The third-order valence-corrected chi connectivity index (χ3v) is 9.89. The van der Waals surface area contributed by atoms with Gasteiger partial charge in [0.25, 0.3) is 8.32 Å². The fraction of sp³-hybridized carbons (Fsp3) is 0.500. The normalized spacial score (nSPS) is 15.4.